The highest BCUT2D eigenvalue weighted by atomic mass is 32.2. The largest absolute Gasteiger partial charge is 0.384 e. The van der Waals surface area contributed by atoms with E-state index in [9.17, 15) is 8.42 Å². The predicted molar refractivity (Wildman–Crippen MR) is 113 cm³/mol. The number of rotatable bonds is 7. The van der Waals surface area contributed by atoms with E-state index in [0.717, 1.165) is 49.0 Å². The Morgan fingerprint density at radius 3 is 2.76 bits per heavy atom. The standard InChI is InChI=1S/C20H31N5O3S/c1-24(20-18-7-9-21-19(18)22-14-23-20)17-5-3-15(4-6-17)13-29(26,27)25-10-8-16(11-25)12-28-2/h7,9,14-17H,3-6,8,10-13H2,1-2H3,(H,21,22,23). The van der Waals surface area contributed by atoms with Gasteiger partial charge in [-0.1, -0.05) is 0 Å². The Morgan fingerprint density at radius 2 is 2.00 bits per heavy atom. The van der Waals surface area contributed by atoms with Crippen molar-refractivity contribution in [2.45, 2.75) is 38.1 Å². The van der Waals surface area contributed by atoms with E-state index < -0.39 is 10.0 Å². The molecule has 2 fully saturated rings. The fourth-order valence-electron chi connectivity index (χ4n) is 4.84. The minimum Gasteiger partial charge on any atom is -0.384 e. The first kappa shape index (κ1) is 20.6. The van der Waals surface area contributed by atoms with Gasteiger partial charge in [-0.3, -0.25) is 0 Å². The topological polar surface area (TPSA) is 91.4 Å². The van der Waals surface area contributed by atoms with Crippen molar-refractivity contribution in [1.82, 2.24) is 19.3 Å². The monoisotopic (exact) mass is 421 g/mol. The molecule has 3 heterocycles. The molecule has 160 valence electrons. The molecule has 1 unspecified atom stereocenters. The van der Waals surface area contributed by atoms with E-state index in [4.69, 9.17) is 4.74 Å². The summed E-state index contributed by atoms with van der Waals surface area (Å²) in [6, 6.07) is 2.38. The third kappa shape index (κ3) is 4.41. The minimum atomic E-state index is -3.18. The number of hydrogen-bond donors (Lipinski definition) is 1. The molecule has 1 N–H and O–H groups in total. The number of H-pyrrole nitrogens is 1. The van der Waals surface area contributed by atoms with Gasteiger partial charge in [0.15, 0.2) is 0 Å². The molecule has 1 aliphatic heterocycles. The van der Waals surface area contributed by atoms with Crippen molar-refractivity contribution in [2.24, 2.45) is 11.8 Å². The molecule has 2 aromatic heterocycles. The second kappa shape index (κ2) is 8.57. The highest BCUT2D eigenvalue weighted by Crippen LogP contribution is 2.33. The van der Waals surface area contributed by atoms with E-state index in [1.54, 1.807) is 17.7 Å². The van der Waals surface area contributed by atoms with Crippen molar-refractivity contribution in [3.63, 3.8) is 0 Å². The fourth-order valence-corrected chi connectivity index (χ4v) is 6.80. The number of methoxy groups -OCH3 is 1. The van der Waals surface area contributed by atoms with Crippen LogP contribution in [0.5, 0.6) is 0 Å². The van der Waals surface area contributed by atoms with E-state index in [0.29, 0.717) is 31.7 Å². The minimum absolute atomic E-state index is 0.240. The normalized spacial score (nSPS) is 26.2. The third-order valence-corrected chi connectivity index (χ3v) is 8.53. The zero-order valence-corrected chi connectivity index (χ0v) is 18.1. The first-order valence-corrected chi connectivity index (χ1v) is 12.1. The van der Waals surface area contributed by atoms with Crippen LogP contribution >= 0.6 is 0 Å². The molecule has 9 heteroatoms. The van der Waals surface area contributed by atoms with Gasteiger partial charge >= 0.3 is 0 Å². The molecule has 2 aliphatic rings. The molecule has 0 amide bonds. The van der Waals surface area contributed by atoms with Crippen molar-refractivity contribution >= 4 is 26.9 Å². The Labute approximate surface area is 172 Å². The molecule has 8 nitrogen and oxygen atoms in total. The molecule has 0 bridgehead atoms. The van der Waals surface area contributed by atoms with E-state index in [1.165, 1.54) is 0 Å². The zero-order chi connectivity index (χ0) is 20.4. The lowest BCUT2D eigenvalue weighted by Gasteiger charge is -2.35. The van der Waals surface area contributed by atoms with Gasteiger partial charge in [0.05, 0.1) is 17.7 Å². The van der Waals surface area contributed by atoms with E-state index in [1.807, 2.05) is 12.3 Å². The van der Waals surface area contributed by atoms with Crippen LogP contribution in [0.1, 0.15) is 32.1 Å². The number of nitrogens with one attached hydrogen (secondary N) is 1. The maximum Gasteiger partial charge on any atom is 0.214 e. The lowest BCUT2D eigenvalue weighted by atomic mass is 9.86. The summed E-state index contributed by atoms with van der Waals surface area (Å²) in [6.07, 6.45) is 8.22. The Bertz CT molecular complexity index is 923. The van der Waals surface area contributed by atoms with Crippen molar-refractivity contribution in [3.05, 3.63) is 18.6 Å². The van der Waals surface area contributed by atoms with Crippen LogP contribution in [-0.2, 0) is 14.8 Å². The number of sulfonamides is 1. The van der Waals surface area contributed by atoms with Gasteiger partial charge in [0, 0.05) is 39.5 Å². The van der Waals surface area contributed by atoms with Crippen molar-refractivity contribution in [2.75, 3.05) is 44.5 Å². The van der Waals surface area contributed by atoms with Crippen LogP contribution in [0.2, 0.25) is 0 Å². The lowest BCUT2D eigenvalue weighted by molar-refractivity contribution is 0.157. The van der Waals surface area contributed by atoms with Gasteiger partial charge < -0.3 is 14.6 Å². The fraction of sp³-hybridized carbons (Fsp3) is 0.700. The predicted octanol–water partition coefficient (Wildman–Crippen LogP) is 2.25. The summed E-state index contributed by atoms with van der Waals surface area (Å²) in [5.41, 5.74) is 0.846. The van der Waals surface area contributed by atoms with Gasteiger partial charge in [0.2, 0.25) is 10.0 Å². The highest BCUT2D eigenvalue weighted by Gasteiger charge is 2.34. The average Bonchev–Trinajstić information content (AvgIpc) is 3.37. The first-order valence-electron chi connectivity index (χ1n) is 10.5. The van der Waals surface area contributed by atoms with Gasteiger partial charge in [-0.25, -0.2) is 22.7 Å². The Balaban J connectivity index is 1.33. The average molecular weight is 422 g/mol. The maximum absolute atomic E-state index is 12.9. The molecule has 1 saturated carbocycles. The van der Waals surface area contributed by atoms with Crippen molar-refractivity contribution < 1.29 is 13.2 Å². The summed E-state index contributed by atoms with van der Waals surface area (Å²) in [4.78, 5) is 14.1. The van der Waals surface area contributed by atoms with Crippen molar-refractivity contribution in [3.8, 4) is 0 Å². The molecule has 2 aromatic rings. The Kier molecular flexibility index (Phi) is 6.08. The molecule has 4 rings (SSSR count). The van der Waals surface area contributed by atoms with Crippen LogP contribution < -0.4 is 4.90 Å². The number of fused-ring (bicyclic) bond motifs is 1. The molecule has 1 saturated heterocycles. The maximum atomic E-state index is 12.9. The van der Waals surface area contributed by atoms with Gasteiger partial charge in [0.1, 0.15) is 17.8 Å². The SMILES string of the molecule is COCC1CCN(S(=O)(=O)CC2CCC(N(C)c3ncnc4[nH]ccc34)CC2)C1. The van der Waals surface area contributed by atoms with Gasteiger partial charge in [-0.2, -0.15) is 0 Å². The number of hydrogen-bond acceptors (Lipinski definition) is 6. The van der Waals surface area contributed by atoms with Crippen molar-refractivity contribution in [1.29, 1.82) is 0 Å². The smallest absolute Gasteiger partial charge is 0.214 e. The summed E-state index contributed by atoms with van der Waals surface area (Å²) in [7, 11) is 0.573. The Hall–Kier alpha value is -1.71. The number of aromatic amines is 1. The number of ether oxygens (including phenoxy) is 1. The number of aromatic nitrogens is 3. The quantitative estimate of drug-likeness (QED) is 0.737. The summed E-state index contributed by atoms with van der Waals surface area (Å²) < 4.78 is 32.6. The van der Waals surface area contributed by atoms with Crippen LogP contribution in [0.4, 0.5) is 5.82 Å². The van der Waals surface area contributed by atoms with E-state index in [-0.39, 0.29) is 11.7 Å². The third-order valence-electron chi connectivity index (χ3n) is 6.52. The van der Waals surface area contributed by atoms with E-state index >= 15 is 0 Å². The summed E-state index contributed by atoms with van der Waals surface area (Å²) in [5.74, 6) is 1.79. The van der Waals surface area contributed by atoms with Crippen LogP contribution in [0.25, 0.3) is 11.0 Å². The van der Waals surface area contributed by atoms with Gasteiger partial charge in [0.25, 0.3) is 0 Å². The zero-order valence-electron chi connectivity index (χ0n) is 17.2. The molecule has 1 aliphatic carbocycles. The van der Waals surface area contributed by atoms with Crippen LogP contribution in [0, 0.1) is 11.8 Å². The first-order chi connectivity index (χ1) is 14.0. The van der Waals surface area contributed by atoms with Crippen LogP contribution in [0.15, 0.2) is 18.6 Å². The molecule has 1 atom stereocenters. The second-order valence-corrected chi connectivity index (χ2v) is 10.5. The van der Waals surface area contributed by atoms with E-state index in [2.05, 4.69) is 26.9 Å². The number of anilines is 1. The molecule has 0 aromatic carbocycles. The molecule has 0 spiro atoms. The summed E-state index contributed by atoms with van der Waals surface area (Å²) in [5, 5.41) is 1.03. The van der Waals surface area contributed by atoms with Gasteiger partial charge in [-0.05, 0) is 50.0 Å². The van der Waals surface area contributed by atoms with Crippen LogP contribution in [-0.4, -0.2) is 73.3 Å². The second-order valence-electron chi connectivity index (χ2n) is 8.47. The molecular weight excluding hydrogens is 390 g/mol. The molecular formula is C20H31N5O3S. The van der Waals surface area contributed by atoms with Gasteiger partial charge in [-0.15, -0.1) is 0 Å². The lowest BCUT2D eigenvalue weighted by Crippen LogP contribution is -2.39. The Morgan fingerprint density at radius 1 is 1.21 bits per heavy atom. The number of nitrogens with zero attached hydrogens (tertiary/aromatic N) is 4. The summed E-state index contributed by atoms with van der Waals surface area (Å²) in [6.45, 7) is 1.88. The van der Waals surface area contributed by atoms with Crippen LogP contribution in [0.3, 0.4) is 0 Å². The highest BCUT2D eigenvalue weighted by molar-refractivity contribution is 7.89. The molecule has 29 heavy (non-hydrogen) atoms. The summed E-state index contributed by atoms with van der Waals surface area (Å²) >= 11 is 0. The molecule has 0 radical (unpaired) electrons.